The molecule has 0 atom stereocenters. The Labute approximate surface area is 166 Å². The maximum absolute atomic E-state index is 12.2. The first-order chi connectivity index (χ1) is 12.4. The molecule has 0 saturated heterocycles. The van der Waals surface area contributed by atoms with E-state index in [0.29, 0.717) is 21.5 Å². The fraction of sp³-hybridized carbons (Fsp3) is 0.222. The van der Waals surface area contributed by atoms with Crippen LogP contribution in [0.4, 0.5) is 5.69 Å². The van der Waals surface area contributed by atoms with E-state index in [4.69, 9.17) is 27.9 Å². The molecule has 0 bridgehead atoms. The van der Waals surface area contributed by atoms with Gasteiger partial charge >= 0.3 is 0 Å². The van der Waals surface area contributed by atoms with E-state index in [-0.39, 0.29) is 24.1 Å². The third-order valence-corrected chi connectivity index (χ3v) is 4.90. The van der Waals surface area contributed by atoms with E-state index in [1.165, 1.54) is 23.8 Å². The van der Waals surface area contributed by atoms with Crippen molar-refractivity contribution < 1.29 is 14.3 Å². The fourth-order valence-corrected chi connectivity index (χ4v) is 3.19. The maximum Gasteiger partial charge on any atom is 0.244 e. The summed E-state index contributed by atoms with van der Waals surface area (Å²) in [6, 6.07) is 12.1. The molecule has 2 aromatic carbocycles. The molecule has 2 rings (SSSR count). The number of thioether (sulfide) groups is 1. The van der Waals surface area contributed by atoms with Crippen LogP contribution in [0.3, 0.4) is 0 Å². The summed E-state index contributed by atoms with van der Waals surface area (Å²) in [7, 11) is 3.09. The number of amides is 2. The summed E-state index contributed by atoms with van der Waals surface area (Å²) in [6.45, 7) is -0.0737. The summed E-state index contributed by atoms with van der Waals surface area (Å²) in [4.78, 5) is 26.7. The van der Waals surface area contributed by atoms with Gasteiger partial charge in [0.05, 0.1) is 25.1 Å². The van der Waals surface area contributed by atoms with E-state index >= 15 is 0 Å². The van der Waals surface area contributed by atoms with Crippen molar-refractivity contribution in [3.8, 4) is 5.75 Å². The minimum atomic E-state index is -0.335. The van der Waals surface area contributed by atoms with Gasteiger partial charge in [-0.15, -0.1) is 11.8 Å². The Morgan fingerprint density at radius 3 is 2.42 bits per heavy atom. The van der Waals surface area contributed by atoms with E-state index in [1.807, 2.05) is 12.1 Å². The van der Waals surface area contributed by atoms with Gasteiger partial charge in [-0.25, -0.2) is 0 Å². The fourth-order valence-electron chi connectivity index (χ4n) is 2.06. The van der Waals surface area contributed by atoms with Gasteiger partial charge in [0, 0.05) is 22.0 Å². The number of ether oxygens (including phenoxy) is 1. The molecule has 0 aromatic heterocycles. The van der Waals surface area contributed by atoms with Crippen molar-refractivity contribution in [1.29, 1.82) is 0 Å². The minimum Gasteiger partial charge on any atom is -0.495 e. The van der Waals surface area contributed by atoms with Crippen LogP contribution >= 0.6 is 35.0 Å². The number of nitrogens with one attached hydrogen (secondary N) is 1. The lowest BCUT2D eigenvalue weighted by Crippen LogP contribution is -2.36. The first-order valence-corrected chi connectivity index (χ1v) is 9.39. The monoisotopic (exact) mass is 412 g/mol. The number of anilines is 1. The Morgan fingerprint density at radius 1 is 1.12 bits per heavy atom. The van der Waals surface area contributed by atoms with Crippen molar-refractivity contribution in [2.75, 3.05) is 31.8 Å². The van der Waals surface area contributed by atoms with Crippen molar-refractivity contribution >= 4 is 52.5 Å². The van der Waals surface area contributed by atoms with Gasteiger partial charge < -0.3 is 15.0 Å². The van der Waals surface area contributed by atoms with Crippen LogP contribution in [0.15, 0.2) is 47.4 Å². The van der Waals surface area contributed by atoms with Gasteiger partial charge in [-0.2, -0.15) is 0 Å². The summed E-state index contributed by atoms with van der Waals surface area (Å²) in [5.41, 5.74) is 0.460. The molecule has 5 nitrogen and oxygen atoms in total. The van der Waals surface area contributed by atoms with Crippen molar-refractivity contribution in [2.45, 2.75) is 4.90 Å². The number of rotatable bonds is 7. The molecule has 8 heteroatoms. The number of methoxy groups -OCH3 is 1. The Kier molecular flexibility index (Phi) is 7.63. The van der Waals surface area contributed by atoms with Crippen LogP contribution in [-0.2, 0) is 9.59 Å². The molecule has 0 radical (unpaired) electrons. The number of likely N-dealkylation sites (N-methyl/N-ethyl adjacent to an activating group) is 1. The summed E-state index contributed by atoms with van der Waals surface area (Å²) in [5, 5.41) is 3.83. The summed E-state index contributed by atoms with van der Waals surface area (Å²) in [6.07, 6.45) is 0. The predicted molar refractivity (Wildman–Crippen MR) is 106 cm³/mol. The van der Waals surface area contributed by atoms with E-state index < -0.39 is 0 Å². The molecule has 2 amide bonds. The summed E-state index contributed by atoms with van der Waals surface area (Å²) in [5.74, 6) is 0.234. The van der Waals surface area contributed by atoms with Crippen LogP contribution in [0.2, 0.25) is 10.0 Å². The molecular formula is C18H18Cl2N2O3S. The normalized spacial score (nSPS) is 10.3. The topological polar surface area (TPSA) is 58.6 Å². The van der Waals surface area contributed by atoms with Crippen molar-refractivity contribution in [3.05, 3.63) is 52.5 Å². The highest BCUT2D eigenvalue weighted by atomic mass is 35.5. The van der Waals surface area contributed by atoms with Crippen LogP contribution in [0.25, 0.3) is 0 Å². The maximum atomic E-state index is 12.2. The van der Waals surface area contributed by atoms with E-state index in [9.17, 15) is 9.59 Å². The highest BCUT2D eigenvalue weighted by Crippen LogP contribution is 2.27. The van der Waals surface area contributed by atoms with Crippen molar-refractivity contribution in [2.24, 2.45) is 0 Å². The number of benzene rings is 2. The number of carbonyl (C=O) groups excluding carboxylic acids is 2. The third kappa shape index (κ3) is 6.12. The second-order valence-corrected chi connectivity index (χ2v) is 7.31. The van der Waals surface area contributed by atoms with Gasteiger partial charge in [-0.05, 0) is 42.5 Å². The number of carbonyl (C=O) groups is 2. The average Bonchev–Trinajstić information content (AvgIpc) is 2.61. The Morgan fingerprint density at radius 2 is 1.77 bits per heavy atom. The van der Waals surface area contributed by atoms with Crippen LogP contribution in [0.1, 0.15) is 0 Å². The molecule has 0 spiro atoms. The molecule has 1 N–H and O–H groups in total. The minimum absolute atomic E-state index is 0.0737. The molecule has 26 heavy (non-hydrogen) atoms. The lowest BCUT2D eigenvalue weighted by atomic mass is 10.3. The zero-order valence-electron chi connectivity index (χ0n) is 14.3. The Balaban J connectivity index is 1.87. The van der Waals surface area contributed by atoms with Crippen LogP contribution in [0, 0.1) is 0 Å². The first-order valence-electron chi connectivity index (χ1n) is 7.64. The molecular weight excluding hydrogens is 395 g/mol. The molecule has 138 valence electrons. The summed E-state index contributed by atoms with van der Waals surface area (Å²) < 4.78 is 5.18. The molecule has 0 aliphatic heterocycles. The number of hydrogen-bond donors (Lipinski definition) is 1. The van der Waals surface area contributed by atoms with Gasteiger partial charge in [-0.3, -0.25) is 9.59 Å². The van der Waals surface area contributed by atoms with E-state index in [0.717, 1.165) is 4.90 Å². The SMILES string of the molecule is COc1ccc(Cl)cc1NC(=O)CN(C)C(=O)CSc1ccc(Cl)cc1. The summed E-state index contributed by atoms with van der Waals surface area (Å²) >= 11 is 13.2. The molecule has 0 aliphatic rings. The van der Waals surface area contributed by atoms with Crippen molar-refractivity contribution in [3.63, 3.8) is 0 Å². The highest BCUT2D eigenvalue weighted by Gasteiger charge is 2.15. The standard InChI is InChI=1S/C18H18Cl2N2O3S/c1-22(18(24)11-26-14-6-3-12(19)4-7-14)10-17(23)21-15-9-13(20)5-8-16(15)25-2/h3-9H,10-11H2,1-2H3,(H,21,23). The van der Waals surface area contributed by atoms with Gasteiger partial charge in [0.15, 0.2) is 0 Å². The zero-order chi connectivity index (χ0) is 19.1. The van der Waals surface area contributed by atoms with Crippen LogP contribution in [0.5, 0.6) is 5.75 Å². The molecule has 0 aliphatic carbocycles. The zero-order valence-corrected chi connectivity index (χ0v) is 16.6. The van der Waals surface area contributed by atoms with Gasteiger partial charge in [0.25, 0.3) is 0 Å². The molecule has 0 heterocycles. The lowest BCUT2D eigenvalue weighted by molar-refractivity contribution is -0.131. The highest BCUT2D eigenvalue weighted by molar-refractivity contribution is 8.00. The quantitative estimate of drug-likeness (QED) is 0.692. The van der Waals surface area contributed by atoms with E-state index in [1.54, 1.807) is 37.4 Å². The molecule has 2 aromatic rings. The number of nitrogens with zero attached hydrogens (tertiary/aromatic N) is 1. The molecule has 0 unspecified atom stereocenters. The second-order valence-electron chi connectivity index (χ2n) is 5.39. The van der Waals surface area contributed by atoms with E-state index in [2.05, 4.69) is 5.32 Å². The Bertz CT molecular complexity index is 785. The average molecular weight is 413 g/mol. The van der Waals surface area contributed by atoms with Crippen LogP contribution in [-0.4, -0.2) is 43.2 Å². The Hall–Kier alpha value is -1.89. The largest absolute Gasteiger partial charge is 0.495 e. The lowest BCUT2D eigenvalue weighted by Gasteiger charge is -2.17. The number of hydrogen-bond acceptors (Lipinski definition) is 4. The predicted octanol–water partition coefficient (Wildman–Crippen LogP) is 4.19. The molecule has 0 saturated carbocycles. The van der Waals surface area contributed by atoms with Gasteiger partial charge in [0.1, 0.15) is 5.75 Å². The first kappa shape index (κ1) is 20.4. The second kappa shape index (κ2) is 9.71. The van der Waals surface area contributed by atoms with Gasteiger partial charge in [-0.1, -0.05) is 23.2 Å². The smallest absolute Gasteiger partial charge is 0.244 e. The third-order valence-electron chi connectivity index (χ3n) is 3.42. The van der Waals surface area contributed by atoms with Gasteiger partial charge in [0.2, 0.25) is 11.8 Å². The van der Waals surface area contributed by atoms with Crippen LogP contribution < -0.4 is 10.1 Å². The molecule has 0 fully saturated rings. The number of halogens is 2. The van der Waals surface area contributed by atoms with Crippen molar-refractivity contribution in [1.82, 2.24) is 4.90 Å².